The van der Waals surface area contributed by atoms with Crippen molar-refractivity contribution in [3.63, 3.8) is 0 Å². The molecule has 0 bridgehead atoms. The lowest BCUT2D eigenvalue weighted by Gasteiger charge is -2.24. The Kier molecular flexibility index (Phi) is 10.8. The standard InChI is InChI=1S/C30H36ClNO5/c1-4-37-28-13-9-22(10-14-28)17-24-16-21(11-15-29(24)31)8-12-26(33)19-27(34)20-32(2)25-7-5-6-23(18-25)30(35)36-3/h5-7,9-11,13-16,18,26-27,33-34H,4,8,12,17,19-20H2,1-3H3. The second kappa shape index (κ2) is 14.0. The number of aryl methyl sites for hydroxylation is 1. The fourth-order valence-corrected chi connectivity index (χ4v) is 4.44. The molecule has 0 heterocycles. The molecule has 0 saturated carbocycles. The van der Waals surface area contributed by atoms with Crippen molar-refractivity contribution in [1.29, 1.82) is 0 Å². The van der Waals surface area contributed by atoms with Crippen molar-refractivity contribution >= 4 is 23.3 Å². The molecule has 198 valence electrons. The summed E-state index contributed by atoms with van der Waals surface area (Å²) in [5.41, 5.74) is 4.51. The van der Waals surface area contributed by atoms with E-state index >= 15 is 0 Å². The van der Waals surface area contributed by atoms with Crippen LogP contribution in [0, 0.1) is 0 Å². The summed E-state index contributed by atoms with van der Waals surface area (Å²) in [5.74, 6) is 0.444. The monoisotopic (exact) mass is 525 g/mol. The third-order valence-corrected chi connectivity index (χ3v) is 6.61. The minimum atomic E-state index is -0.720. The van der Waals surface area contributed by atoms with E-state index in [1.807, 2.05) is 61.3 Å². The first-order valence-corrected chi connectivity index (χ1v) is 12.9. The maximum absolute atomic E-state index is 11.8. The van der Waals surface area contributed by atoms with Crippen LogP contribution < -0.4 is 9.64 Å². The molecule has 2 atom stereocenters. The molecule has 37 heavy (non-hydrogen) atoms. The lowest BCUT2D eigenvalue weighted by molar-refractivity contribution is 0.0600. The Morgan fingerprint density at radius 3 is 2.43 bits per heavy atom. The number of halogens is 1. The van der Waals surface area contributed by atoms with E-state index in [0.717, 1.165) is 28.1 Å². The predicted octanol–water partition coefficient (Wildman–Crippen LogP) is 5.30. The molecule has 0 saturated heterocycles. The van der Waals surface area contributed by atoms with E-state index in [1.165, 1.54) is 7.11 Å². The van der Waals surface area contributed by atoms with E-state index in [4.69, 9.17) is 21.1 Å². The number of hydrogen-bond donors (Lipinski definition) is 2. The maximum Gasteiger partial charge on any atom is 0.337 e. The van der Waals surface area contributed by atoms with E-state index in [-0.39, 0.29) is 6.42 Å². The molecule has 0 fully saturated rings. The molecule has 6 nitrogen and oxygen atoms in total. The first-order chi connectivity index (χ1) is 17.8. The van der Waals surface area contributed by atoms with Crippen molar-refractivity contribution in [3.05, 3.63) is 94.0 Å². The van der Waals surface area contributed by atoms with Gasteiger partial charge >= 0.3 is 5.97 Å². The van der Waals surface area contributed by atoms with Crippen LogP contribution in [-0.4, -0.2) is 55.7 Å². The molecule has 3 aromatic rings. The molecule has 0 aromatic heterocycles. The van der Waals surface area contributed by atoms with Gasteiger partial charge in [0.1, 0.15) is 5.75 Å². The average molecular weight is 526 g/mol. The Morgan fingerprint density at radius 2 is 1.73 bits per heavy atom. The van der Waals surface area contributed by atoms with Crippen LogP contribution in [0.5, 0.6) is 5.75 Å². The first kappa shape index (κ1) is 28.5. The van der Waals surface area contributed by atoms with Crippen LogP contribution in [0.25, 0.3) is 0 Å². The molecule has 0 aliphatic heterocycles. The lowest BCUT2D eigenvalue weighted by atomic mass is 9.98. The number of ether oxygens (including phenoxy) is 2. The highest BCUT2D eigenvalue weighted by atomic mass is 35.5. The SMILES string of the molecule is CCOc1ccc(Cc2cc(CCC(O)CC(O)CN(C)c3cccc(C(=O)OC)c3)ccc2Cl)cc1. The van der Waals surface area contributed by atoms with Crippen molar-refractivity contribution in [2.45, 2.75) is 44.8 Å². The molecule has 0 radical (unpaired) electrons. The van der Waals surface area contributed by atoms with Gasteiger partial charge in [-0.2, -0.15) is 0 Å². The summed E-state index contributed by atoms with van der Waals surface area (Å²) in [6.07, 6.45) is 0.816. The Hall–Kier alpha value is -3.06. The lowest BCUT2D eigenvalue weighted by Crippen LogP contribution is -2.32. The third kappa shape index (κ3) is 8.78. The Morgan fingerprint density at radius 1 is 1.00 bits per heavy atom. The summed E-state index contributed by atoms with van der Waals surface area (Å²) in [7, 11) is 3.18. The molecule has 7 heteroatoms. The van der Waals surface area contributed by atoms with Crippen molar-refractivity contribution in [1.82, 2.24) is 0 Å². The normalized spacial score (nSPS) is 12.6. The number of methoxy groups -OCH3 is 1. The number of nitrogens with zero attached hydrogens (tertiary/aromatic N) is 1. The largest absolute Gasteiger partial charge is 0.494 e. The zero-order valence-corrected chi connectivity index (χ0v) is 22.4. The second-order valence-electron chi connectivity index (χ2n) is 9.18. The fourth-order valence-electron chi connectivity index (χ4n) is 4.26. The molecule has 0 aliphatic rings. The van der Waals surface area contributed by atoms with Gasteiger partial charge in [-0.3, -0.25) is 0 Å². The zero-order valence-electron chi connectivity index (χ0n) is 21.7. The summed E-state index contributed by atoms with van der Waals surface area (Å²) >= 11 is 6.46. The smallest absolute Gasteiger partial charge is 0.337 e. The number of carbonyl (C=O) groups is 1. The van der Waals surface area contributed by atoms with Crippen LogP contribution in [0.15, 0.2) is 66.7 Å². The molecule has 0 spiro atoms. The molecular formula is C30H36ClNO5. The van der Waals surface area contributed by atoms with E-state index in [2.05, 4.69) is 6.07 Å². The van der Waals surface area contributed by atoms with Gasteiger partial charge in [0.25, 0.3) is 0 Å². The number of likely N-dealkylation sites (N-methyl/N-ethyl adjacent to an activating group) is 1. The van der Waals surface area contributed by atoms with E-state index in [0.29, 0.717) is 43.0 Å². The molecule has 2 N–H and O–H groups in total. The summed E-state index contributed by atoms with van der Waals surface area (Å²) < 4.78 is 10.3. The average Bonchev–Trinajstić information content (AvgIpc) is 2.89. The Labute approximate surface area is 224 Å². The number of aliphatic hydroxyl groups excluding tert-OH is 2. The summed E-state index contributed by atoms with van der Waals surface area (Å²) in [5, 5.41) is 21.8. The molecule has 3 aromatic carbocycles. The van der Waals surface area contributed by atoms with Gasteiger partial charge in [-0.15, -0.1) is 0 Å². The van der Waals surface area contributed by atoms with Crippen LogP contribution in [0.3, 0.4) is 0 Å². The number of esters is 1. The number of anilines is 1. The number of aliphatic hydroxyl groups is 2. The predicted molar refractivity (Wildman–Crippen MR) is 148 cm³/mol. The first-order valence-electron chi connectivity index (χ1n) is 12.5. The molecule has 0 amide bonds. The second-order valence-corrected chi connectivity index (χ2v) is 9.59. The van der Waals surface area contributed by atoms with Gasteiger partial charge in [-0.1, -0.05) is 41.9 Å². The summed E-state index contributed by atoms with van der Waals surface area (Å²) in [4.78, 5) is 13.6. The minimum Gasteiger partial charge on any atom is -0.494 e. The maximum atomic E-state index is 11.8. The van der Waals surface area contributed by atoms with Gasteiger partial charge in [0.2, 0.25) is 0 Å². The van der Waals surface area contributed by atoms with Gasteiger partial charge in [0.15, 0.2) is 0 Å². The van der Waals surface area contributed by atoms with Crippen LogP contribution in [0.2, 0.25) is 5.02 Å². The molecule has 3 rings (SSSR count). The van der Waals surface area contributed by atoms with Crippen molar-refractivity contribution < 1.29 is 24.5 Å². The van der Waals surface area contributed by atoms with Crippen LogP contribution >= 0.6 is 11.6 Å². The van der Waals surface area contributed by atoms with Crippen molar-refractivity contribution in [2.24, 2.45) is 0 Å². The quantitative estimate of drug-likeness (QED) is 0.295. The van der Waals surface area contributed by atoms with Gasteiger partial charge < -0.3 is 24.6 Å². The van der Waals surface area contributed by atoms with Crippen LogP contribution in [0.1, 0.15) is 46.8 Å². The third-order valence-electron chi connectivity index (χ3n) is 6.24. The number of benzene rings is 3. The summed E-state index contributed by atoms with van der Waals surface area (Å²) in [6, 6.07) is 21.0. The van der Waals surface area contributed by atoms with Crippen LogP contribution in [0.4, 0.5) is 5.69 Å². The zero-order chi connectivity index (χ0) is 26.8. The molecule has 0 aliphatic carbocycles. The number of carbonyl (C=O) groups excluding carboxylic acids is 1. The number of rotatable bonds is 13. The highest BCUT2D eigenvalue weighted by molar-refractivity contribution is 6.31. The summed E-state index contributed by atoms with van der Waals surface area (Å²) in [6.45, 7) is 2.93. The van der Waals surface area contributed by atoms with Gasteiger partial charge in [-0.25, -0.2) is 4.79 Å². The minimum absolute atomic E-state index is 0.258. The van der Waals surface area contributed by atoms with Crippen molar-refractivity contribution in [3.8, 4) is 5.75 Å². The molecular weight excluding hydrogens is 490 g/mol. The van der Waals surface area contributed by atoms with Crippen molar-refractivity contribution in [2.75, 3.05) is 32.2 Å². The Bertz CT molecular complexity index is 1150. The Balaban J connectivity index is 1.51. The fraction of sp³-hybridized carbons (Fsp3) is 0.367. The van der Waals surface area contributed by atoms with Gasteiger partial charge in [0, 0.05) is 30.7 Å². The molecule has 2 unspecified atom stereocenters. The van der Waals surface area contributed by atoms with E-state index in [9.17, 15) is 15.0 Å². The highest BCUT2D eigenvalue weighted by Crippen LogP contribution is 2.24. The number of hydrogen-bond acceptors (Lipinski definition) is 6. The topological polar surface area (TPSA) is 79.2 Å². The van der Waals surface area contributed by atoms with Crippen LogP contribution in [-0.2, 0) is 17.6 Å². The highest BCUT2D eigenvalue weighted by Gasteiger charge is 2.16. The van der Waals surface area contributed by atoms with Gasteiger partial charge in [-0.05, 0) is 79.3 Å². The van der Waals surface area contributed by atoms with E-state index < -0.39 is 18.2 Å². The van der Waals surface area contributed by atoms with E-state index in [1.54, 1.807) is 18.2 Å². The van der Waals surface area contributed by atoms with Gasteiger partial charge in [0.05, 0.1) is 31.5 Å².